The Balaban J connectivity index is 2.05. The third-order valence-electron chi connectivity index (χ3n) is 3.42. The van der Waals surface area contributed by atoms with Crippen LogP contribution in [0.5, 0.6) is 0 Å². The minimum Gasteiger partial charge on any atom is -0.399 e. The highest BCUT2D eigenvalue weighted by Crippen LogP contribution is 2.26. The van der Waals surface area contributed by atoms with Gasteiger partial charge in [0.25, 0.3) is 5.91 Å². The van der Waals surface area contributed by atoms with Gasteiger partial charge in [-0.2, -0.15) is 0 Å². The van der Waals surface area contributed by atoms with Crippen molar-refractivity contribution in [2.24, 2.45) is 11.8 Å². The highest BCUT2D eigenvalue weighted by molar-refractivity contribution is 5.99. The fourth-order valence-corrected chi connectivity index (χ4v) is 2.78. The van der Waals surface area contributed by atoms with Gasteiger partial charge in [0.05, 0.1) is 0 Å². The van der Waals surface area contributed by atoms with Gasteiger partial charge >= 0.3 is 0 Å². The Kier molecular flexibility index (Phi) is 3.60. The maximum absolute atomic E-state index is 12.2. The SMILES string of the molecule is CC(C)CC(C)CN1Cc2ccc(N)cc2C1=O. The zero-order chi connectivity index (χ0) is 13.3. The number of carbonyl (C=O) groups is 1. The summed E-state index contributed by atoms with van der Waals surface area (Å²) in [5, 5.41) is 0. The third-order valence-corrected chi connectivity index (χ3v) is 3.42. The predicted molar refractivity (Wildman–Crippen MR) is 74.2 cm³/mol. The lowest BCUT2D eigenvalue weighted by Gasteiger charge is -2.21. The Bertz CT molecular complexity index is 454. The summed E-state index contributed by atoms with van der Waals surface area (Å²) in [6.45, 7) is 8.22. The van der Waals surface area contributed by atoms with Crippen molar-refractivity contribution in [3.63, 3.8) is 0 Å². The van der Waals surface area contributed by atoms with Crippen LogP contribution in [0.25, 0.3) is 0 Å². The van der Waals surface area contributed by atoms with Crippen molar-refractivity contribution >= 4 is 11.6 Å². The summed E-state index contributed by atoms with van der Waals surface area (Å²) >= 11 is 0. The van der Waals surface area contributed by atoms with Crippen molar-refractivity contribution in [1.82, 2.24) is 4.90 Å². The summed E-state index contributed by atoms with van der Waals surface area (Å²) in [4.78, 5) is 14.2. The molecule has 2 rings (SSSR count). The van der Waals surface area contributed by atoms with E-state index in [4.69, 9.17) is 5.73 Å². The quantitative estimate of drug-likeness (QED) is 0.830. The second-order valence-electron chi connectivity index (χ2n) is 5.84. The summed E-state index contributed by atoms with van der Waals surface area (Å²) in [6, 6.07) is 5.63. The molecule has 3 nitrogen and oxygen atoms in total. The van der Waals surface area contributed by atoms with E-state index in [2.05, 4.69) is 20.8 Å². The fourth-order valence-electron chi connectivity index (χ4n) is 2.78. The van der Waals surface area contributed by atoms with E-state index in [9.17, 15) is 4.79 Å². The molecule has 0 fully saturated rings. The van der Waals surface area contributed by atoms with Gasteiger partial charge in [-0.05, 0) is 36.0 Å². The molecule has 0 spiro atoms. The van der Waals surface area contributed by atoms with Crippen molar-refractivity contribution < 1.29 is 4.79 Å². The van der Waals surface area contributed by atoms with Crippen LogP contribution in [0, 0.1) is 11.8 Å². The van der Waals surface area contributed by atoms with E-state index in [1.54, 1.807) is 6.07 Å². The Morgan fingerprint density at radius 1 is 1.33 bits per heavy atom. The van der Waals surface area contributed by atoms with Crippen molar-refractivity contribution in [3.05, 3.63) is 29.3 Å². The second kappa shape index (κ2) is 5.01. The van der Waals surface area contributed by atoms with Crippen LogP contribution in [0.15, 0.2) is 18.2 Å². The Morgan fingerprint density at radius 2 is 2.06 bits per heavy atom. The molecule has 1 heterocycles. The molecule has 1 aliphatic heterocycles. The number of hydrogen-bond acceptors (Lipinski definition) is 2. The topological polar surface area (TPSA) is 46.3 Å². The molecule has 1 atom stereocenters. The molecular formula is C15H22N2O. The van der Waals surface area contributed by atoms with Gasteiger partial charge in [-0.3, -0.25) is 4.79 Å². The third kappa shape index (κ3) is 2.66. The highest BCUT2D eigenvalue weighted by atomic mass is 16.2. The minimum absolute atomic E-state index is 0.132. The van der Waals surface area contributed by atoms with Crippen molar-refractivity contribution in [1.29, 1.82) is 0 Å². The molecule has 0 bridgehead atoms. The zero-order valence-corrected chi connectivity index (χ0v) is 11.4. The molecule has 1 aromatic rings. The number of amides is 1. The van der Waals surface area contributed by atoms with E-state index in [1.165, 1.54) is 0 Å². The van der Waals surface area contributed by atoms with Gasteiger partial charge in [-0.1, -0.05) is 26.8 Å². The van der Waals surface area contributed by atoms with Crippen LogP contribution in [0.2, 0.25) is 0 Å². The first-order valence-corrected chi connectivity index (χ1v) is 6.65. The molecule has 98 valence electrons. The van der Waals surface area contributed by atoms with Gasteiger partial charge in [0.2, 0.25) is 0 Å². The molecule has 3 heteroatoms. The molecule has 0 saturated heterocycles. The van der Waals surface area contributed by atoms with Crippen molar-refractivity contribution in [3.8, 4) is 0 Å². The molecule has 0 aliphatic carbocycles. The zero-order valence-electron chi connectivity index (χ0n) is 11.4. The van der Waals surface area contributed by atoms with E-state index < -0.39 is 0 Å². The minimum atomic E-state index is 0.132. The fraction of sp³-hybridized carbons (Fsp3) is 0.533. The standard InChI is InChI=1S/C15H22N2O/c1-10(2)6-11(3)8-17-9-12-4-5-13(16)7-14(12)15(17)18/h4-5,7,10-11H,6,8-9,16H2,1-3H3. The highest BCUT2D eigenvalue weighted by Gasteiger charge is 2.28. The van der Waals surface area contributed by atoms with E-state index in [0.29, 0.717) is 17.5 Å². The van der Waals surface area contributed by atoms with Crippen LogP contribution in [-0.4, -0.2) is 17.4 Å². The summed E-state index contributed by atoms with van der Waals surface area (Å²) in [5.41, 5.74) is 8.29. The lowest BCUT2D eigenvalue weighted by molar-refractivity contribution is 0.0749. The summed E-state index contributed by atoms with van der Waals surface area (Å²) in [7, 11) is 0. The number of anilines is 1. The van der Waals surface area contributed by atoms with Crippen LogP contribution in [0.3, 0.4) is 0 Å². The molecule has 0 aromatic heterocycles. The number of nitrogens with zero attached hydrogens (tertiary/aromatic N) is 1. The monoisotopic (exact) mass is 246 g/mol. The number of hydrogen-bond donors (Lipinski definition) is 1. The van der Waals surface area contributed by atoms with E-state index >= 15 is 0 Å². The Hall–Kier alpha value is -1.51. The first-order valence-electron chi connectivity index (χ1n) is 6.65. The van der Waals surface area contributed by atoms with Crippen LogP contribution in [0.1, 0.15) is 43.1 Å². The number of nitrogen functional groups attached to an aromatic ring is 1. The van der Waals surface area contributed by atoms with Crippen molar-refractivity contribution in [2.75, 3.05) is 12.3 Å². The number of benzene rings is 1. The van der Waals surface area contributed by atoms with Gasteiger partial charge in [0, 0.05) is 24.3 Å². The first kappa shape index (κ1) is 12.9. The summed E-state index contributed by atoms with van der Waals surface area (Å²) in [6.07, 6.45) is 1.16. The number of carbonyl (C=O) groups excluding carboxylic acids is 1. The van der Waals surface area contributed by atoms with Crippen molar-refractivity contribution in [2.45, 2.75) is 33.7 Å². The number of nitrogens with two attached hydrogens (primary N) is 1. The molecular weight excluding hydrogens is 224 g/mol. The lowest BCUT2D eigenvalue weighted by Crippen LogP contribution is -2.29. The average molecular weight is 246 g/mol. The number of rotatable bonds is 4. The Labute approximate surface area is 109 Å². The molecule has 1 aromatic carbocycles. The van der Waals surface area contributed by atoms with Gasteiger partial charge in [-0.25, -0.2) is 0 Å². The normalized spacial score (nSPS) is 16.2. The molecule has 1 aliphatic rings. The lowest BCUT2D eigenvalue weighted by atomic mass is 9.98. The second-order valence-corrected chi connectivity index (χ2v) is 5.84. The smallest absolute Gasteiger partial charge is 0.254 e. The number of fused-ring (bicyclic) bond motifs is 1. The van der Waals surface area contributed by atoms with Crippen LogP contribution in [-0.2, 0) is 6.54 Å². The van der Waals surface area contributed by atoms with E-state index in [0.717, 1.165) is 30.6 Å². The molecule has 0 radical (unpaired) electrons. The van der Waals surface area contributed by atoms with Crippen LogP contribution < -0.4 is 5.73 Å². The van der Waals surface area contributed by atoms with Gasteiger partial charge in [0.1, 0.15) is 0 Å². The average Bonchev–Trinajstić information content (AvgIpc) is 2.55. The van der Waals surface area contributed by atoms with E-state index in [-0.39, 0.29) is 5.91 Å². The molecule has 1 unspecified atom stereocenters. The van der Waals surface area contributed by atoms with Gasteiger partial charge in [-0.15, -0.1) is 0 Å². The summed E-state index contributed by atoms with van der Waals surface area (Å²) in [5.74, 6) is 1.35. The maximum Gasteiger partial charge on any atom is 0.254 e. The largest absolute Gasteiger partial charge is 0.399 e. The van der Waals surface area contributed by atoms with Gasteiger partial charge < -0.3 is 10.6 Å². The predicted octanol–water partition coefficient (Wildman–Crippen LogP) is 2.91. The molecule has 1 amide bonds. The molecule has 0 saturated carbocycles. The first-order chi connectivity index (χ1) is 8.47. The van der Waals surface area contributed by atoms with E-state index in [1.807, 2.05) is 17.0 Å². The van der Waals surface area contributed by atoms with Crippen LogP contribution in [0.4, 0.5) is 5.69 Å². The van der Waals surface area contributed by atoms with Gasteiger partial charge in [0.15, 0.2) is 0 Å². The molecule has 2 N–H and O–H groups in total. The molecule has 18 heavy (non-hydrogen) atoms. The maximum atomic E-state index is 12.2. The Morgan fingerprint density at radius 3 is 2.72 bits per heavy atom. The van der Waals surface area contributed by atoms with Crippen LogP contribution >= 0.6 is 0 Å². The summed E-state index contributed by atoms with van der Waals surface area (Å²) < 4.78 is 0.